The monoisotopic (exact) mass is 310 g/mol. The minimum Gasteiger partial charge on any atom is -0.462 e. The molecule has 2 aromatic rings. The number of ether oxygens (including phenoxy) is 1. The van der Waals surface area contributed by atoms with E-state index in [1.54, 1.807) is 19.1 Å². The maximum absolute atomic E-state index is 11.7. The molecule has 0 saturated carbocycles. The molecule has 1 aromatic carbocycles. The number of unbranched alkanes of at least 4 members (excludes halogenated alkanes) is 2. The Hall–Kier alpha value is -2.54. The second kappa shape index (κ2) is 8.19. The molecule has 0 aliphatic rings. The lowest BCUT2D eigenvalue weighted by molar-refractivity contribution is 0.0526. The van der Waals surface area contributed by atoms with Crippen molar-refractivity contribution < 1.29 is 9.53 Å². The fraction of sp³-hybridized carbons (Fsp3) is 0.368. The van der Waals surface area contributed by atoms with Gasteiger partial charge in [0.2, 0.25) is 0 Å². The molecule has 0 N–H and O–H groups in total. The lowest BCUT2D eigenvalue weighted by Gasteiger charge is -2.05. The highest BCUT2D eigenvalue weighted by Crippen LogP contribution is 2.18. The molecular weight excluding hydrogens is 288 g/mol. The minimum atomic E-state index is -0.315. The first-order valence-electron chi connectivity index (χ1n) is 8.08. The molecule has 0 bridgehead atoms. The van der Waals surface area contributed by atoms with Crippen LogP contribution < -0.4 is 0 Å². The first-order chi connectivity index (χ1) is 11.2. The second-order valence-corrected chi connectivity index (χ2v) is 5.44. The number of benzene rings is 1. The van der Waals surface area contributed by atoms with Gasteiger partial charge in [-0.3, -0.25) is 0 Å². The number of esters is 1. The standard InChI is InChI=1S/C19H22N2O2/c1-3-5-6-7-16-13-21(14-17(16)12-20)18-10-8-15(9-11-18)19(22)23-4-2/h8-11,13-14H,3-7H2,1-2H3. The van der Waals surface area contributed by atoms with Gasteiger partial charge >= 0.3 is 5.97 Å². The van der Waals surface area contributed by atoms with Crippen LogP contribution in [0.5, 0.6) is 0 Å². The van der Waals surface area contributed by atoms with Crippen LogP contribution in [-0.2, 0) is 11.2 Å². The van der Waals surface area contributed by atoms with Crippen LogP contribution in [0.4, 0.5) is 0 Å². The van der Waals surface area contributed by atoms with Gasteiger partial charge in [-0.15, -0.1) is 0 Å². The average molecular weight is 310 g/mol. The number of nitrogens with zero attached hydrogens (tertiary/aromatic N) is 2. The van der Waals surface area contributed by atoms with E-state index in [1.165, 1.54) is 6.42 Å². The summed E-state index contributed by atoms with van der Waals surface area (Å²) in [5.74, 6) is -0.315. The molecule has 4 heteroatoms. The topological polar surface area (TPSA) is 55.0 Å². The van der Waals surface area contributed by atoms with E-state index in [0.717, 1.165) is 36.1 Å². The van der Waals surface area contributed by atoms with E-state index in [1.807, 2.05) is 29.1 Å². The minimum absolute atomic E-state index is 0.315. The van der Waals surface area contributed by atoms with Crippen molar-refractivity contribution >= 4 is 5.97 Å². The van der Waals surface area contributed by atoms with Crippen LogP contribution >= 0.6 is 0 Å². The van der Waals surface area contributed by atoms with Crippen molar-refractivity contribution in [3.8, 4) is 11.8 Å². The van der Waals surface area contributed by atoms with E-state index in [-0.39, 0.29) is 5.97 Å². The maximum atomic E-state index is 11.7. The van der Waals surface area contributed by atoms with Crippen molar-refractivity contribution in [2.75, 3.05) is 6.61 Å². The third-order valence-electron chi connectivity index (χ3n) is 3.76. The molecule has 0 aliphatic carbocycles. The summed E-state index contributed by atoms with van der Waals surface area (Å²) in [7, 11) is 0. The van der Waals surface area contributed by atoms with Crippen LogP contribution in [0.3, 0.4) is 0 Å². The fourth-order valence-corrected chi connectivity index (χ4v) is 2.50. The predicted octanol–water partition coefficient (Wildman–Crippen LogP) is 4.26. The lowest BCUT2D eigenvalue weighted by atomic mass is 10.1. The molecule has 4 nitrogen and oxygen atoms in total. The zero-order valence-corrected chi connectivity index (χ0v) is 13.7. The summed E-state index contributed by atoms with van der Waals surface area (Å²) in [5, 5.41) is 9.29. The highest BCUT2D eigenvalue weighted by atomic mass is 16.5. The van der Waals surface area contributed by atoms with Crippen molar-refractivity contribution in [2.45, 2.75) is 39.5 Å². The van der Waals surface area contributed by atoms with E-state index >= 15 is 0 Å². The summed E-state index contributed by atoms with van der Waals surface area (Å²) in [6, 6.07) is 9.48. The molecule has 1 heterocycles. The van der Waals surface area contributed by atoms with Gasteiger partial charge in [0, 0.05) is 18.1 Å². The zero-order valence-electron chi connectivity index (χ0n) is 13.7. The van der Waals surface area contributed by atoms with Crippen LogP contribution in [0.25, 0.3) is 5.69 Å². The third kappa shape index (κ3) is 4.23. The van der Waals surface area contributed by atoms with E-state index in [4.69, 9.17) is 4.74 Å². The third-order valence-corrected chi connectivity index (χ3v) is 3.76. The molecule has 0 atom stereocenters. The van der Waals surface area contributed by atoms with E-state index in [9.17, 15) is 10.1 Å². The Labute approximate surface area is 137 Å². The highest BCUT2D eigenvalue weighted by molar-refractivity contribution is 5.89. The van der Waals surface area contributed by atoms with Gasteiger partial charge < -0.3 is 9.30 Å². The van der Waals surface area contributed by atoms with Crippen molar-refractivity contribution in [3.63, 3.8) is 0 Å². The maximum Gasteiger partial charge on any atom is 0.338 e. The summed E-state index contributed by atoms with van der Waals surface area (Å²) in [5.41, 5.74) is 3.26. The molecule has 120 valence electrons. The summed E-state index contributed by atoms with van der Waals surface area (Å²) in [6.07, 6.45) is 8.21. The van der Waals surface area contributed by atoms with Crippen molar-refractivity contribution in [1.29, 1.82) is 5.26 Å². The molecule has 23 heavy (non-hydrogen) atoms. The molecule has 0 aliphatic heterocycles. The number of nitriles is 1. The molecule has 2 rings (SSSR count). The van der Waals surface area contributed by atoms with Crippen LogP contribution in [0.1, 0.15) is 54.6 Å². The Bertz CT molecular complexity index is 693. The number of aromatic nitrogens is 1. The lowest BCUT2D eigenvalue weighted by Crippen LogP contribution is -2.04. The van der Waals surface area contributed by atoms with Gasteiger partial charge in [-0.2, -0.15) is 5.26 Å². The summed E-state index contributed by atoms with van der Waals surface area (Å²) in [6.45, 7) is 4.32. The normalized spacial score (nSPS) is 10.3. The molecule has 0 saturated heterocycles. The first kappa shape index (κ1) is 16.8. The number of hydrogen-bond acceptors (Lipinski definition) is 3. The van der Waals surface area contributed by atoms with Gasteiger partial charge in [0.05, 0.1) is 17.7 Å². The number of carbonyl (C=O) groups is 1. The van der Waals surface area contributed by atoms with E-state index < -0.39 is 0 Å². The van der Waals surface area contributed by atoms with E-state index in [2.05, 4.69) is 13.0 Å². The van der Waals surface area contributed by atoms with Crippen molar-refractivity contribution in [2.24, 2.45) is 0 Å². The predicted molar refractivity (Wildman–Crippen MR) is 89.7 cm³/mol. The summed E-state index contributed by atoms with van der Waals surface area (Å²) >= 11 is 0. The van der Waals surface area contributed by atoms with Crippen LogP contribution in [0.15, 0.2) is 36.7 Å². The molecule has 0 amide bonds. The molecule has 0 radical (unpaired) electrons. The van der Waals surface area contributed by atoms with Gasteiger partial charge in [-0.1, -0.05) is 19.8 Å². The summed E-state index contributed by atoms with van der Waals surface area (Å²) in [4.78, 5) is 11.7. The van der Waals surface area contributed by atoms with Crippen molar-refractivity contribution in [3.05, 3.63) is 53.3 Å². The van der Waals surface area contributed by atoms with Crippen LogP contribution in [-0.4, -0.2) is 17.1 Å². The Morgan fingerprint density at radius 3 is 2.52 bits per heavy atom. The van der Waals surface area contributed by atoms with Gasteiger partial charge in [0.25, 0.3) is 0 Å². The SMILES string of the molecule is CCCCCc1cn(-c2ccc(C(=O)OCC)cc2)cc1C#N. The van der Waals surface area contributed by atoms with Gasteiger partial charge in [-0.05, 0) is 49.6 Å². The summed E-state index contributed by atoms with van der Waals surface area (Å²) < 4.78 is 6.92. The molecule has 0 fully saturated rings. The zero-order chi connectivity index (χ0) is 16.7. The van der Waals surface area contributed by atoms with Crippen LogP contribution in [0, 0.1) is 11.3 Å². The van der Waals surface area contributed by atoms with Gasteiger partial charge in [-0.25, -0.2) is 4.79 Å². The molecular formula is C19H22N2O2. The number of hydrogen-bond donors (Lipinski definition) is 0. The van der Waals surface area contributed by atoms with E-state index in [0.29, 0.717) is 12.2 Å². The Morgan fingerprint density at radius 2 is 1.91 bits per heavy atom. The molecule has 0 spiro atoms. The Morgan fingerprint density at radius 1 is 1.17 bits per heavy atom. The molecule has 0 unspecified atom stereocenters. The second-order valence-electron chi connectivity index (χ2n) is 5.44. The average Bonchev–Trinajstić information content (AvgIpc) is 2.99. The Balaban J connectivity index is 2.18. The van der Waals surface area contributed by atoms with Crippen LogP contribution in [0.2, 0.25) is 0 Å². The highest BCUT2D eigenvalue weighted by Gasteiger charge is 2.09. The largest absolute Gasteiger partial charge is 0.462 e. The first-order valence-corrected chi connectivity index (χ1v) is 8.08. The number of rotatable bonds is 7. The Kier molecular flexibility index (Phi) is 5.99. The number of carbonyl (C=O) groups excluding carboxylic acids is 1. The number of aryl methyl sites for hydroxylation is 1. The molecule has 1 aromatic heterocycles. The quantitative estimate of drug-likeness (QED) is 0.567. The van der Waals surface area contributed by atoms with Crippen molar-refractivity contribution in [1.82, 2.24) is 4.57 Å². The fourth-order valence-electron chi connectivity index (χ4n) is 2.50. The van der Waals surface area contributed by atoms with Gasteiger partial charge in [0.15, 0.2) is 0 Å². The smallest absolute Gasteiger partial charge is 0.338 e. The van der Waals surface area contributed by atoms with Gasteiger partial charge in [0.1, 0.15) is 6.07 Å².